The van der Waals surface area contributed by atoms with Crippen molar-refractivity contribution in [3.8, 4) is 5.75 Å². The number of ether oxygens (including phenoxy) is 2. The van der Waals surface area contributed by atoms with Gasteiger partial charge in [-0.05, 0) is 42.8 Å². The molecule has 3 rings (SSSR count). The Morgan fingerprint density at radius 3 is 2.92 bits per heavy atom. The van der Waals surface area contributed by atoms with Crippen molar-refractivity contribution in [2.75, 3.05) is 17.7 Å². The van der Waals surface area contributed by atoms with E-state index in [9.17, 15) is 9.59 Å². The Kier molecular flexibility index (Phi) is 4.48. The Morgan fingerprint density at radius 1 is 1.29 bits per heavy atom. The summed E-state index contributed by atoms with van der Waals surface area (Å²) in [6.07, 6.45) is -0.526. The number of fused-ring (bicyclic) bond motifs is 1. The fourth-order valence-electron chi connectivity index (χ4n) is 2.46. The van der Waals surface area contributed by atoms with Gasteiger partial charge in [0, 0.05) is 18.4 Å². The zero-order valence-electron chi connectivity index (χ0n) is 13.5. The van der Waals surface area contributed by atoms with Gasteiger partial charge in [-0.25, -0.2) is 0 Å². The number of benzene rings is 2. The quantitative estimate of drug-likeness (QED) is 0.906. The fourth-order valence-corrected chi connectivity index (χ4v) is 2.46. The lowest BCUT2D eigenvalue weighted by atomic mass is 10.1. The van der Waals surface area contributed by atoms with Gasteiger partial charge in [-0.15, -0.1) is 0 Å². The van der Waals surface area contributed by atoms with Crippen molar-refractivity contribution in [1.29, 1.82) is 0 Å². The van der Waals surface area contributed by atoms with Crippen LogP contribution in [0.25, 0.3) is 0 Å². The van der Waals surface area contributed by atoms with E-state index < -0.39 is 6.10 Å². The predicted molar refractivity (Wildman–Crippen MR) is 90.3 cm³/mol. The van der Waals surface area contributed by atoms with Gasteiger partial charge in [0.25, 0.3) is 11.8 Å². The highest BCUT2D eigenvalue weighted by molar-refractivity contribution is 6.05. The lowest BCUT2D eigenvalue weighted by molar-refractivity contribution is -0.122. The minimum absolute atomic E-state index is 0.210. The molecule has 1 aliphatic rings. The van der Waals surface area contributed by atoms with E-state index in [2.05, 4.69) is 10.6 Å². The maximum absolute atomic E-state index is 12.4. The minimum Gasteiger partial charge on any atom is -0.479 e. The number of anilines is 2. The van der Waals surface area contributed by atoms with Gasteiger partial charge in [0.15, 0.2) is 6.10 Å². The van der Waals surface area contributed by atoms with Crippen LogP contribution >= 0.6 is 0 Å². The monoisotopic (exact) mass is 326 g/mol. The van der Waals surface area contributed by atoms with Crippen LogP contribution in [0.15, 0.2) is 42.5 Å². The smallest absolute Gasteiger partial charge is 0.265 e. The Bertz CT molecular complexity index is 788. The largest absolute Gasteiger partial charge is 0.479 e. The molecule has 0 saturated heterocycles. The molecule has 2 N–H and O–H groups in total. The summed E-state index contributed by atoms with van der Waals surface area (Å²) in [6.45, 7) is 2.13. The SMILES string of the molecule is COCc1cccc(C(=O)Nc2ccc3c(c2)NC(=O)[C@H](C)O3)c1. The van der Waals surface area contributed by atoms with Gasteiger partial charge in [-0.2, -0.15) is 0 Å². The summed E-state index contributed by atoms with van der Waals surface area (Å²) in [7, 11) is 1.61. The van der Waals surface area contributed by atoms with E-state index in [1.807, 2.05) is 12.1 Å². The predicted octanol–water partition coefficient (Wildman–Crippen LogP) is 2.80. The van der Waals surface area contributed by atoms with Crippen LogP contribution in [0.2, 0.25) is 0 Å². The third-order valence-electron chi connectivity index (χ3n) is 3.67. The normalized spacial score (nSPS) is 15.9. The van der Waals surface area contributed by atoms with Crippen LogP contribution in [-0.2, 0) is 16.1 Å². The van der Waals surface area contributed by atoms with E-state index in [4.69, 9.17) is 9.47 Å². The van der Waals surface area contributed by atoms with Crippen molar-refractivity contribution in [2.24, 2.45) is 0 Å². The molecule has 2 aromatic carbocycles. The molecule has 2 amide bonds. The van der Waals surface area contributed by atoms with Crippen molar-refractivity contribution >= 4 is 23.2 Å². The molecule has 0 radical (unpaired) electrons. The Hall–Kier alpha value is -2.86. The molecule has 1 atom stereocenters. The van der Waals surface area contributed by atoms with E-state index in [1.165, 1.54) is 0 Å². The van der Waals surface area contributed by atoms with Gasteiger partial charge in [0.2, 0.25) is 0 Å². The first kappa shape index (κ1) is 16.0. The van der Waals surface area contributed by atoms with Gasteiger partial charge in [-0.3, -0.25) is 9.59 Å². The number of rotatable bonds is 4. The van der Waals surface area contributed by atoms with Crippen LogP contribution in [0, 0.1) is 0 Å². The molecule has 2 aromatic rings. The lowest BCUT2D eigenvalue weighted by Gasteiger charge is -2.23. The molecule has 0 unspecified atom stereocenters. The molecule has 124 valence electrons. The average Bonchev–Trinajstić information content (AvgIpc) is 2.57. The fraction of sp³-hybridized carbons (Fsp3) is 0.222. The second kappa shape index (κ2) is 6.72. The van der Waals surface area contributed by atoms with Crippen molar-refractivity contribution in [3.63, 3.8) is 0 Å². The summed E-state index contributed by atoms with van der Waals surface area (Å²) in [5.74, 6) is 0.143. The highest BCUT2D eigenvalue weighted by atomic mass is 16.5. The number of nitrogens with one attached hydrogen (secondary N) is 2. The topological polar surface area (TPSA) is 76.7 Å². The van der Waals surface area contributed by atoms with Crippen molar-refractivity contribution < 1.29 is 19.1 Å². The summed E-state index contributed by atoms with van der Waals surface area (Å²) in [5, 5.41) is 5.57. The number of carbonyl (C=O) groups excluding carboxylic acids is 2. The van der Waals surface area contributed by atoms with Gasteiger partial charge in [0.1, 0.15) is 5.75 Å². The standard InChI is InChI=1S/C18H18N2O4/c1-11-17(21)20-15-9-14(6-7-16(15)24-11)19-18(22)13-5-3-4-12(8-13)10-23-2/h3-9,11H,10H2,1-2H3,(H,19,22)(H,20,21)/t11-/m0/s1. The molecule has 1 heterocycles. The van der Waals surface area contributed by atoms with Crippen LogP contribution in [0.1, 0.15) is 22.8 Å². The number of hydrogen-bond acceptors (Lipinski definition) is 4. The van der Waals surface area contributed by atoms with Crippen molar-refractivity contribution in [3.05, 3.63) is 53.6 Å². The molecule has 6 heteroatoms. The first-order chi connectivity index (χ1) is 11.6. The zero-order valence-corrected chi connectivity index (χ0v) is 13.5. The molecule has 6 nitrogen and oxygen atoms in total. The van der Waals surface area contributed by atoms with Crippen LogP contribution in [0.5, 0.6) is 5.75 Å². The molecule has 0 aromatic heterocycles. The van der Waals surface area contributed by atoms with Crippen LogP contribution in [0.4, 0.5) is 11.4 Å². The Labute approximate surface area is 139 Å². The molecule has 24 heavy (non-hydrogen) atoms. The lowest BCUT2D eigenvalue weighted by Crippen LogP contribution is -2.34. The molecule has 0 saturated carbocycles. The van der Waals surface area contributed by atoms with E-state index in [-0.39, 0.29) is 11.8 Å². The van der Waals surface area contributed by atoms with Crippen LogP contribution in [0.3, 0.4) is 0 Å². The number of amides is 2. The van der Waals surface area contributed by atoms with Gasteiger partial charge in [-0.1, -0.05) is 12.1 Å². The molecule has 0 spiro atoms. The van der Waals surface area contributed by atoms with Crippen LogP contribution < -0.4 is 15.4 Å². The van der Waals surface area contributed by atoms with Gasteiger partial charge >= 0.3 is 0 Å². The van der Waals surface area contributed by atoms with E-state index in [0.717, 1.165) is 5.56 Å². The molecule has 0 bridgehead atoms. The molecular formula is C18H18N2O4. The number of methoxy groups -OCH3 is 1. The second-order valence-electron chi connectivity index (χ2n) is 5.55. The summed E-state index contributed by atoms with van der Waals surface area (Å²) < 4.78 is 10.6. The second-order valence-corrected chi connectivity index (χ2v) is 5.55. The van der Waals surface area contributed by atoms with Crippen LogP contribution in [-0.4, -0.2) is 25.0 Å². The Balaban J connectivity index is 1.77. The summed E-state index contributed by atoms with van der Waals surface area (Å²) >= 11 is 0. The highest BCUT2D eigenvalue weighted by Crippen LogP contribution is 2.32. The third-order valence-corrected chi connectivity index (χ3v) is 3.67. The molecular weight excluding hydrogens is 308 g/mol. The average molecular weight is 326 g/mol. The summed E-state index contributed by atoms with van der Waals surface area (Å²) in [6, 6.07) is 12.4. The molecule has 0 fully saturated rings. The maximum Gasteiger partial charge on any atom is 0.265 e. The first-order valence-electron chi connectivity index (χ1n) is 7.57. The minimum atomic E-state index is -0.526. The molecule has 1 aliphatic heterocycles. The van der Waals surface area contributed by atoms with Gasteiger partial charge in [0.05, 0.1) is 12.3 Å². The van der Waals surface area contributed by atoms with E-state index in [1.54, 1.807) is 44.4 Å². The molecule has 0 aliphatic carbocycles. The third kappa shape index (κ3) is 3.38. The highest BCUT2D eigenvalue weighted by Gasteiger charge is 2.23. The van der Waals surface area contributed by atoms with Gasteiger partial charge < -0.3 is 20.1 Å². The van der Waals surface area contributed by atoms with Crippen molar-refractivity contribution in [2.45, 2.75) is 19.6 Å². The Morgan fingerprint density at radius 2 is 2.12 bits per heavy atom. The van der Waals surface area contributed by atoms with Crippen molar-refractivity contribution in [1.82, 2.24) is 0 Å². The van der Waals surface area contributed by atoms with E-state index >= 15 is 0 Å². The summed E-state index contributed by atoms with van der Waals surface area (Å²) in [4.78, 5) is 24.1. The zero-order chi connectivity index (χ0) is 17.1. The first-order valence-corrected chi connectivity index (χ1v) is 7.57. The maximum atomic E-state index is 12.4. The number of carbonyl (C=O) groups is 2. The number of hydrogen-bond donors (Lipinski definition) is 2. The summed E-state index contributed by atoms with van der Waals surface area (Å²) in [5.41, 5.74) is 2.58. The van der Waals surface area contributed by atoms with E-state index in [0.29, 0.717) is 29.3 Å².